The second-order valence-electron chi connectivity index (χ2n) is 18.4. The monoisotopic (exact) mass is 921 g/mol. The Labute approximate surface area is 405 Å². The Hall–Kier alpha value is -3.75. The number of nitrogens with zero attached hydrogens (tertiary/aromatic N) is 1. The van der Waals surface area contributed by atoms with Gasteiger partial charge in [-0.3, -0.25) is 9.59 Å². The summed E-state index contributed by atoms with van der Waals surface area (Å²) in [5.74, 6) is -1.58. The lowest BCUT2D eigenvalue weighted by Gasteiger charge is -2.31. The number of esters is 2. The fraction of sp³-hybridized carbons (Fsp3) is 0.672. The zero-order valence-electron chi connectivity index (χ0n) is 42.9. The molecule has 0 aliphatic rings. The number of hydrogen-bond donors (Lipinski definition) is 1. The van der Waals surface area contributed by atoms with Gasteiger partial charge in [-0.1, -0.05) is 195 Å². The lowest BCUT2D eigenvalue weighted by molar-refractivity contribution is -0.887. The van der Waals surface area contributed by atoms with E-state index >= 15 is 0 Å². The Balaban J connectivity index is 4.33. The molecule has 0 aromatic carbocycles. The number of carboxylic acids is 1. The van der Waals surface area contributed by atoms with Gasteiger partial charge in [-0.25, -0.2) is 4.79 Å². The number of ether oxygens (including phenoxy) is 3. The van der Waals surface area contributed by atoms with E-state index in [9.17, 15) is 19.5 Å². The average Bonchev–Trinajstić information content (AvgIpc) is 3.28. The van der Waals surface area contributed by atoms with E-state index in [0.29, 0.717) is 19.3 Å². The number of carbonyl (C=O) groups is 3. The lowest BCUT2D eigenvalue weighted by atomic mass is 10.0. The second-order valence-corrected chi connectivity index (χ2v) is 18.4. The van der Waals surface area contributed by atoms with E-state index in [2.05, 4.69) is 98.9 Å². The summed E-state index contributed by atoms with van der Waals surface area (Å²) in [6, 6.07) is -0.634. The van der Waals surface area contributed by atoms with Crippen LogP contribution in [0, 0.1) is 0 Å². The van der Waals surface area contributed by atoms with E-state index in [1.807, 2.05) is 33.3 Å². The van der Waals surface area contributed by atoms with Crippen molar-refractivity contribution in [1.82, 2.24) is 0 Å². The molecule has 66 heavy (non-hydrogen) atoms. The van der Waals surface area contributed by atoms with Crippen LogP contribution < -0.4 is 0 Å². The molecule has 0 rings (SSSR count). The Morgan fingerprint density at radius 2 is 0.879 bits per heavy atom. The maximum Gasteiger partial charge on any atom is 0.362 e. The van der Waals surface area contributed by atoms with Gasteiger partial charge in [0.05, 0.1) is 34.4 Å². The van der Waals surface area contributed by atoms with Crippen LogP contribution in [-0.4, -0.2) is 80.6 Å². The third kappa shape index (κ3) is 45.4. The van der Waals surface area contributed by atoms with Gasteiger partial charge in [-0.05, 0) is 83.5 Å². The van der Waals surface area contributed by atoms with E-state index < -0.39 is 18.1 Å². The van der Waals surface area contributed by atoms with Crippen LogP contribution in [0.2, 0.25) is 0 Å². The average molecular weight is 921 g/mol. The number of aliphatic carboxylic acids is 1. The molecule has 2 atom stereocenters. The quantitative estimate of drug-likeness (QED) is 0.0281. The van der Waals surface area contributed by atoms with E-state index in [4.69, 9.17) is 14.2 Å². The van der Waals surface area contributed by atoms with Crippen molar-refractivity contribution in [3.8, 4) is 0 Å². The van der Waals surface area contributed by atoms with Crippen LogP contribution in [0.4, 0.5) is 0 Å². The smallest absolute Gasteiger partial charge is 0.362 e. The summed E-state index contributed by atoms with van der Waals surface area (Å²) in [5.41, 5.74) is 0. The highest BCUT2D eigenvalue weighted by atomic mass is 16.6. The molecule has 2 unspecified atom stereocenters. The standard InChI is InChI=1S/C58H97NO7/c1-6-8-10-12-14-16-18-20-22-24-26-27-28-29-31-32-34-36-38-40-42-44-46-48-56(60)65-53-54(52-64-51-50-55(58(62)63)59(3,4)5)66-57(61)49-47-45-43-41-39-37-35-33-30-25-23-21-19-17-15-13-11-9-7-2/h9,11,15,17-18,20-21,23-24,26,30,33,37,39,43,45,54-55H,6-8,10,12-14,16,19,22,25,27-29,31-32,34-36,38,40-42,44,46-53H2,1-5H3/p+1/b11-9-,17-15-,20-18-,23-21-,26-24-,33-30-,39-37-,45-43-. The first-order valence-corrected chi connectivity index (χ1v) is 26.3. The highest BCUT2D eigenvalue weighted by Gasteiger charge is 2.31. The van der Waals surface area contributed by atoms with Crippen LogP contribution in [0.3, 0.4) is 0 Å². The van der Waals surface area contributed by atoms with Crippen LogP contribution >= 0.6 is 0 Å². The normalized spacial score (nSPS) is 13.7. The van der Waals surface area contributed by atoms with Gasteiger partial charge in [0, 0.05) is 19.3 Å². The van der Waals surface area contributed by atoms with Crippen molar-refractivity contribution >= 4 is 17.9 Å². The minimum atomic E-state index is -0.889. The van der Waals surface area contributed by atoms with E-state index in [1.54, 1.807) is 0 Å². The van der Waals surface area contributed by atoms with Gasteiger partial charge in [0.1, 0.15) is 6.61 Å². The zero-order valence-corrected chi connectivity index (χ0v) is 42.9. The summed E-state index contributed by atoms with van der Waals surface area (Å²) < 4.78 is 17.3. The minimum Gasteiger partial charge on any atom is -0.477 e. The maximum absolute atomic E-state index is 12.8. The molecule has 0 fully saturated rings. The topological polar surface area (TPSA) is 99.1 Å². The van der Waals surface area contributed by atoms with Gasteiger partial charge in [-0.2, -0.15) is 0 Å². The van der Waals surface area contributed by atoms with E-state index in [1.165, 1.54) is 96.3 Å². The minimum absolute atomic E-state index is 0.0250. The van der Waals surface area contributed by atoms with Crippen molar-refractivity contribution in [2.24, 2.45) is 0 Å². The van der Waals surface area contributed by atoms with Gasteiger partial charge in [-0.15, -0.1) is 0 Å². The Morgan fingerprint density at radius 1 is 0.470 bits per heavy atom. The van der Waals surface area contributed by atoms with Crippen molar-refractivity contribution in [2.75, 3.05) is 41.0 Å². The lowest BCUT2D eigenvalue weighted by Crippen LogP contribution is -2.50. The van der Waals surface area contributed by atoms with E-state index in [-0.39, 0.29) is 42.7 Å². The highest BCUT2D eigenvalue weighted by molar-refractivity contribution is 5.72. The number of likely N-dealkylation sites (N-methyl/N-ethyl adjacent to an activating group) is 1. The molecular weight excluding hydrogens is 823 g/mol. The maximum atomic E-state index is 12.8. The van der Waals surface area contributed by atoms with Crippen molar-refractivity contribution in [3.63, 3.8) is 0 Å². The summed E-state index contributed by atoms with van der Waals surface area (Å²) in [5, 5.41) is 9.66. The summed E-state index contributed by atoms with van der Waals surface area (Å²) in [4.78, 5) is 37.2. The van der Waals surface area contributed by atoms with Crippen LogP contribution in [0.15, 0.2) is 97.2 Å². The van der Waals surface area contributed by atoms with Crippen LogP contribution in [0.1, 0.15) is 200 Å². The number of unbranched alkanes of at least 4 members (excludes halogenated alkanes) is 16. The van der Waals surface area contributed by atoms with Crippen molar-refractivity contribution in [2.45, 2.75) is 212 Å². The Kier molecular flexibility index (Phi) is 45.0. The number of carbonyl (C=O) groups excluding carboxylic acids is 2. The Morgan fingerprint density at radius 3 is 1.32 bits per heavy atom. The first-order valence-electron chi connectivity index (χ1n) is 26.3. The third-order valence-corrected chi connectivity index (χ3v) is 11.2. The second kappa shape index (κ2) is 47.7. The molecule has 0 bridgehead atoms. The molecule has 0 amide bonds. The molecule has 0 saturated carbocycles. The summed E-state index contributed by atoms with van der Waals surface area (Å²) in [6.45, 7) is 4.53. The molecular formula is C58H98NO7+. The van der Waals surface area contributed by atoms with Crippen LogP contribution in [0.25, 0.3) is 0 Å². The fourth-order valence-corrected chi connectivity index (χ4v) is 7.21. The first-order chi connectivity index (χ1) is 32.1. The van der Waals surface area contributed by atoms with Crippen molar-refractivity contribution in [3.05, 3.63) is 97.2 Å². The molecule has 1 N–H and O–H groups in total. The molecule has 8 heteroatoms. The van der Waals surface area contributed by atoms with Gasteiger partial charge in [0.15, 0.2) is 12.1 Å². The summed E-state index contributed by atoms with van der Waals surface area (Å²) >= 11 is 0. The van der Waals surface area contributed by atoms with Crippen LogP contribution in [-0.2, 0) is 28.6 Å². The molecule has 8 nitrogen and oxygen atoms in total. The van der Waals surface area contributed by atoms with Gasteiger partial charge < -0.3 is 23.8 Å². The first kappa shape index (κ1) is 62.2. The number of rotatable bonds is 46. The molecule has 0 aromatic heterocycles. The summed E-state index contributed by atoms with van der Waals surface area (Å²) in [7, 11) is 5.50. The molecule has 0 aliphatic heterocycles. The molecule has 376 valence electrons. The fourth-order valence-electron chi connectivity index (χ4n) is 7.21. The largest absolute Gasteiger partial charge is 0.477 e. The number of hydrogen-bond acceptors (Lipinski definition) is 6. The van der Waals surface area contributed by atoms with Crippen molar-refractivity contribution < 1.29 is 38.2 Å². The molecule has 0 radical (unpaired) electrons. The molecule has 0 spiro atoms. The zero-order chi connectivity index (χ0) is 48.4. The number of allylic oxidation sites excluding steroid dienone is 16. The van der Waals surface area contributed by atoms with Gasteiger partial charge >= 0.3 is 17.9 Å². The van der Waals surface area contributed by atoms with Crippen LogP contribution in [0.5, 0.6) is 0 Å². The SMILES string of the molecule is CC/C=C\C/C=C\C/C=C\C/C=C\C/C=C\C/C=C\CCC(=O)OC(COCCC(C(=O)O)[N+](C)(C)C)COC(=O)CCCCCCCCCCCCC/C=C\C/C=C\CCCCCCC. The number of quaternary nitrogens is 1. The third-order valence-electron chi connectivity index (χ3n) is 11.2. The molecule has 0 aliphatic carbocycles. The molecule has 0 heterocycles. The molecule has 0 saturated heterocycles. The molecule has 0 aromatic rings. The highest BCUT2D eigenvalue weighted by Crippen LogP contribution is 2.14. The predicted octanol–water partition coefficient (Wildman–Crippen LogP) is 15.4. The predicted molar refractivity (Wildman–Crippen MR) is 279 cm³/mol. The summed E-state index contributed by atoms with van der Waals surface area (Å²) in [6.07, 6.45) is 64.8. The van der Waals surface area contributed by atoms with Gasteiger partial charge in [0.2, 0.25) is 0 Å². The van der Waals surface area contributed by atoms with E-state index in [0.717, 1.165) is 64.2 Å². The van der Waals surface area contributed by atoms with Crippen molar-refractivity contribution in [1.29, 1.82) is 0 Å². The number of carboxylic acid groups (broad SMARTS) is 1. The Bertz CT molecular complexity index is 1400. The van der Waals surface area contributed by atoms with Gasteiger partial charge in [0.25, 0.3) is 0 Å².